The number of aromatic nitrogens is 1. The predicted molar refractivity (Wildman–Crippen MR) is 77.3 cm³/mol. The lowest BCUT2D eigenvalue weighted by molar-refractivity contribution is 0.736. The van der Waals surface area contributed by atoms with Gasteiger partial charge in [-0.15, -0.1) is 0 Å². The normalized spacial score (nSPS) is 20.3. The van der Waals surface area contributed by atoms with Crippen molar-refractivity contribution in [1.29, 1.82) is 5.26 Å². The third kappa shape index (κ3) is 3.09. The summed E-state index contributed by atoms with van der Waals surface area (Å²) in [6.45, 7) is 2.01. The Labute approximate surface area is 117 Å². The number of rotatable bonds is 2. The molecule has 1 aromatic heterocycles. The smallest absolute Gasteiger partial charge is 0.129 e. The number of hydrogen-bond acceptors (Lipinski definition) is 4. The van der Waals surface area contributed by atoms with Crippen molar-refractivity contribution >= 4 is 29.2 Å². The lowest BCUT2D eigenvalue weighted by Crippen LogP contribution is -2.30. The van der Waals surface area contributed by atoms with E-state index in [1.165, 1.54) is 19.3 Å². The van der Waals surface area contributed by atoms with Crippen LogP contribution in [-0.2, 0) is 0 Å². The zero-order valence-electron chi connectivity index (χ0n) is 10.4. The summed E-state index contributed by atoms with van der Waals surface area (Å²) in [5.74, 6) is 0.872. The van der Waals surface area contributed by atoms with Crippen LogP contribution >= 0.6 is 23.4 Å². The molecule has 1 saturated heterocycles. The fourth-order valence-electron chi connectivity index (χ4n) is 2.19. The molecular formula is C13H16ClN3S. The first-order chi connectivity index (χ1) is 8.74. The van der Waals surface area contributed by atoms with Crippen molar-refractivity contribution in [3.8, 4) is 6.07 Å². The van der Waals surface area contributed by atoms with E-state index in [2.05, 4.69) is 22.2 Å². The van der Waals surface area contributed by atoms with E-state index >= 15 is 0 Å². The Morgan fingerprint density at radius 1 is 1.56 bits per heavy atom. The lowest BCUT2D eigenvalue weighted by atomic mass is 10.2. The average molecular weight is 282 g/mol. The summed E-state index contributed by atoms with van der Waals surface area (Å²) < 4.78 is 0. The molecule has 0 N–H and O–H groups in total. The van der Waals surface area contributed by atoms with Crippen LogP contribution in [0.4, 0.5) is 5.82 Å². The monoisotopic (exact) mass is 281 g/mol. The Hall–Kier alpha value is -0.920. The highest BCUT2D eigenvalue weighted by Crippen LogP contribution is 2.25. The molecule has 0 radical (unpaired) electrons. The fourth-order valence-corrected chi connectivity index (χ4v) is 3.07. The van der Waals surface area contributed by atoms with Gasteiger partial charge in [-0.3, -0.25) is 0 Å². The van der Waals surface area contributed by atoms with Gasteiger partial charge in [-0.1, -0.05) is 18.0 Å². The van der Waals surface area contributed by atoms with Gasteiger partial charge < -0.3 is 4.90 Å². The highest BCUT2D eigenvalue weighted by atomic mass is 35.5. The molecule has 5 heteroatoms. The number of pyridine rings is 1. The standard InChI is InChI=1S/C13H16ClN3S/c1-18-11-4-2-3-5-17(9-11)13-6-10(7-15)12(14)8-16-13/h6,8,11H,2-5,9H2,1H3. The first-order valence-electron chi connectivity index (χ1n) is 6.08. The molecule has 0 saturated carbocycles. The molecule has 96 valence electrons. The van der Waals surface area contributed by atoms with Crippen molar-refractivity contribution in [1.82, 2.24) is 4.98 Å². The third-order valence-electron chi connectivity index (χ3n) is 3.25. The van der Waals surface area contributed by atoms with Crippen LogP contribution in [0.25, 0.3) is 0 Å². The fraction of sp³-hybridized carbons (Fsp3) is 0.538. The molecule has 0 aliphatic carbocycles. The van der Waals surface area contributed by atoms with Crippen LogP contribution in [0.2, 0.25) is 5.02 Å². The minimum absolute atomic E-state index is 0.428. The van der Waals surface area contributed by atoms with Gasteiger partial charge >= 0.3 is 0 Å². The van der Waals surface area contributed by atoms with Crippen LogP contribution in [-0.4, -0.2) is 29.6 Å². The molecule has 0 bridgehead atoms. The Balaban J connectivity index is 2.21. The molecule has 3 nitrogen and oxygen atoms in total. The van der Waals surface area contributed by atoms with E-state index in [9.17, 15) is 0 Å². The van der Waals surface area contributed by atoms with Gasteiger partial charge in [-0.05, 0) is 25.2 Å². The molecule has 2 heterocycles. The summed E-state index contributed by atoms with van der Waals surface area (Å²) in [4.78, 5) is 6.62. The molecule has 0 aromatic carbocycles. The topological polar surface area (TPSA) is 39.9 Å². The highest BCUT2D eigenvalue weighted by Gasteiger charge is 2.19. The molecule has 1 atom stereocenters. The molecule has 2 rings (SSSR count). The first kappa shape index (κ1) is 13.5. The van der Waals surface area contributed by atoms with Crippen LogP contribution in [0.3, 0.4) is 0 Å². The van der Waals surface area contributed by atoms with Gasteiger partial charge in [0.2, 0.25) is 0 Å². The van der Waals surface area contributed by atoms with E-state index in [0.29, 0.717) is 15.8 Å². The molecule has 1 aromatic rings. The van der Waals surface area contributed by atoms with Crippen molar-refractivity contribution in [2.24, 2.45) is 0 Å². The zero-order chi connectivity index (χ0) is 13.0. The van der Waals surface area contributed by atoms with Gasteiger partial charge in [0.15, 0.2) is 0 Å². The molecule has 1 fully saturated rings. The molecule has 1 aliphatic heterocycles. The summed E-state index contributed by atoms with van der Waals surface area (Å²) in [7, 11) is 0. The number of thioether (sulfide) groups is 1. The summed E-state index contributed by atoms with van der Waals surface area (Å²) in [6.07, 6.45) is 7.44. The van der Waals surface area contributed by atoms with E-state index in [4.69, 9.17) is 16.9 Å². The highest BCUT2D eigenvalue weighted by molar-refractivity contribution is 7.99. The Bertz CT molecular complexity index is 458. The molecular weight excluding hydrogens is 266 g/mol. The third-order valence-corrected chi connectivity index (χ3v) is 4.60. The molecule has 1 unspecified atom stereocenters. The Kier molecular flexibility index (Phi) is 4.73. The van der Waals surface area contributed by atoms with Crippen molar-refractivity contribution in [3.63, 3.8) is 0 Å². The maximum absolute atomic E-state index is 9.01. The van der Waals surface area contributed by atoms with Gasteiger partial charge in [0, 0.05) is 24.5 Å². The predicted octanol–water partition coefficient (Wildman–Crippen LogP) is 3.33. The van der Waals surface area contributed by atoms with Crippen LogP contribution < -0.4 is 4.90 Å². The van der Waals surface area contributed by atoms with Crippen LogP contribution in [0.1, 0.15) is 24.8 Å². The maximum atomic E-state index is 9.01. The number of nitriles is 1. The zero-order valence-corrected chi connectivity index (χ0v) is 12.0. The summed E-state index contributed by atoms with van der Waals surface area (Å²) in [6, 6.07) is 3.91. The van der Waals surface area contributed by atoms with Crippen molar-refractivity contribution in [2.75, 3.05) is 24.2 Å². The number of nitrogens with zero attached hydrogens (tertiary/aromatic N) is 3. The van der Waals surface area contributed by atoms with Gasteiger partial charge in [0.1, 0.15) is 11.9 Å². The van der Waals surface area contributed by atoms with Crippen LogP contribution in [0, 0.1) is 11.3 Å². The van der Waals surface area contributed by atoms with Crippen molar-refractivity contribution in [3.05, 3.63) is 22.8 Å². The van der Waals surface area contributed by atoms with E-state index < -0.39 is 0 Å². The molecule has 18 heavy (non-hydrogen) atoms. The van der Waals surface area contributed by atoms with E-state index in [0.717, 1.165) is 18.9 Å². The second-order valence-corrected chi connectivity index (χ2v) is 5.98. The van der Waals surface area contributed by atoms with Crippen molar-refractivity contribution < 1.29 is 0 Å². The summed E-state index contributed by atoms with van der Waals surface area (Å²) in [5, 5.41) is 10.1. The van der Waals surface area contributed by atoms with Crippen LogP contribution in [0.5, 0.6) is 0 Å². The largest absolute Gasteiger partial charge is 0.355 e. The number of halogens is 1. The van der Waals surface area contributed by atoms with Gasteiger partial charge in [-0.2, -0.15) is 17.0 Å². The summed E-state index contributed by atoms with van der Waals surface area (Å²) in [5.41, 5.74) is 0.506. The second kappa shape index (κ2) is 6.31. The van der Waals surface area contributed by atoms with E-state index in [1.807, 2.05) is 11.8 Å². The number of anilines is 1. The van der Waals surface area contributed by atoms with Gasteiger partial charge in [0.05, 0.1) is 10.6 Å². The average Bonchev–Trinajstić information content (AvgIpc) is 2.64. The SMILES string of the molecule is CSC1CCCCN(c2cc(C#N)c(Cl)cn2)C1. The van der Waals surface area contributed by atoms with E-state index in [1.54, 1.807) is 12.3 Å². The summed E-state index contributed by atoms with van der Waals surface area (Å²) >= 11 is 7.83. The quantitative estimate of drug-likeness (QED) is 0.834. The second-order valence-electron chi connectivity index (χ2n) is 4.43. The minimum Gasteiger partial charge on any atom is -0.355 e. The molecule has 0 spiro atoms. The van der Waals surface area contributed by atoms with Crippen LogP contribution in [0.15, 0.2) is 12.3 Å². The maximum Gasteiger partial charge on any atom is 0.129 e. The van der Waals surface area contributed by atoms with E-state index in [-0.39, 0.29) is 0 Å². The number of hydrogen-bond donors (Lipinski definition) is 0. The lowest BCUT2D eigenvalue weighted by Gasteiger charge is -2.24. The van der Waals surface area contributed by atoms with Crippen molar-refractivity contribution in [2.45, 2.75) is 24.5 Å². The van der Waals surface area contributed by atoms with Gasteiger partial charge in [0.25, 0.3) is 0 Å². The Morgan fingerprint density at radius 2 is 2.39 bits per heavy atom. The Morgan fingerprint density at radius 3 is 3.11 bits per heavy atom. The first-order valence-corrected chi connectivity index (χ1v) is 7.74. The molecule has 0 amide bonds. The minimum atomic E-state index is 0.428. The molecule has 1 aliphatic rings. The van der Waals surface area contributed by atoms with Gasteiger partial charge in [-0.25, -0.2) is 4.98 Å².